The van der Waals surface area contributed by atoms with Gasteiger partial charge < -0.3 is 10.1 Å². The predicted octanol–water partition coefficient (Wildman–Crippen LogP) is 3.39. The summed E-state index contributed by atoms with van der Waals surface area (Å²) in [6.07, 6.45) is -4.83. The van der Waals surface area contributed by atoms with Crippen LogP contribution in [0.3, 0.4) is 0 Å². The highest BCUT2D eigenvalue weighted by molar-refractivity contribution is 6.65. The SMILES string of the molecule is COc1cc(NC(=O)Cl)c([N+](=O)[O-])cc1C(F)(F)F. The number of carbonyl (C=O) groups excluding carboxylic acids is 1. The molecule has 0 aliphatic carbocycles. The molecular formula is C9H6ClF3N2O4. The summed E-state index contributed by atoms with van der Waals surface area (Å²) in [5.41, 5.74) is -2.76. The van der Waals surface area contributed by atoms with Crippen LogP contribution in [0, 0.1) is 10.1 Å². The molecule has 0 saturated carbocycles. The van der Waals surface area contributed by atoms with E-state index in [9.17, 15) is 28.1 Å². The molecule has 104 valence electrons. The molecule has 1 amide bonds. The molecule has 0 saturated heterocycles. The van der Waals surface area contributed by atoms with Crippen LogP contribution in [0.2, 0.25) is 0 Å². The molecule has 0 fully saturated rings. The number of alkyl halides is 3. The Morgan fingerprint density at radius 3 is 2.42 bits per heavy atom. The molecule has 0 aromatic heterocycles. The van der Waals surface area contributed by atoms with Crippen LogP contribution < -0.4 is 10.1 Å². The molecular weight excluding hydrogens is 293 g/mol. The van der Waals surface area contributed by atoms with Gasteiger partial charge in [-0.1, -0.05) is 0 Å². The average molecular weight is 299 g/mol. The Morgan fingerprint density at radius 2 is 2.05 bits per heavy atom. The molecule has 1 rings (SSSR count). The molecule has 0 heterocycles. The topological polar surface area (TPSA) is 81.5 Å². The van der Waals surface area contributed by atoms with Gasteiger partial charge in [-0.3, -0.25) is 14.9 Å². The molecule has 0 radical (unpaired) electrons. The van der Waals surface area contributed by atoms with Gasteiger partial charge in [0.2, 0.25) is 0 Å². The van der Waals surface area contributed by atoms with E-state index in [0.717, 1.165) is 7.11 Å². The molecule has 0 unspecified atom stereocenters. The number of amides is 1. The zero-order valence-electron chi connectivity index (χ0n) is 9.25. The largest absolute Gasteiger partial charge is 0.496 e. The van der Waals surface area contributed by atoms with Gasteiger partial charge in [0.1, 0.15) is 17.0 Å². The fourth-order valence-electron chi connectivity index (χ4n) is 1.32. The van der Waals surface area contributed by atoms with Crippen molar-refractivity contribution < 1.29 is 27.6 Å². The number of rotatable bonds is 3. The highest BCUT2D eigenvalue weighted by atomic mass is 35.5. The lowest BCUT2D eigenvalue weighted by molar-refractivity contribution is -0.384. The predicted molar refractivity (Wildman–Crippen MR) is 59.5 cm³/mol. The number of nitrogens with zero attached hydrogens (tertiary/aromatic N) is 1. The summed E-state index contributed by atoms with van der Waals surface area (Å²) in [5.74, 6) is -0.668. The standard InChI is InChI=1S/C9H6ClF3N2O4/c1-19-7-3-5(14-8(10)16)6(15(17)18)2-4(7)9(11,12)13/h2-3H,1H3,(H,14,16). The Balaban J connectivity index is 3.51. The lowest BCUT2D eigenvalue weighted by Crippen LogP contribution is -2.11. The van der Waals surface area contributed by atoms with Crippen molar-refractivity contribution in [3.63, 3.8) is 0 Å². The number of methoxy groups -OCH3 is 1. The number of ether oxygens (including phenoxy) is 1. The second-order valence-electron chi connectivity index (χ2n) is 3.22. The van der Waals surface area contributed by atoms with Gasteiger partial charge in [-0.2, -0.15) is 13.2 Å². The maximum Gasteiger partial charge on any atom is 0.420 e. The molecule has 0 atom stereocenters. The lowest BCUT2D eigenvalue weighted by Gasteiger charge is -2.13. The first-order valence-corrected chi connectivity index (χ1v) is 4.94. The van der Waals surface area contributed by atoms with Crippen LogP contribution in [0.15, 0.2) is 12.1 Å². The van der Waals surface area contributed by atoms with E-state index >= 15 is 0 Å². The summed E-state index contributed by atoms with van der Waals surface area (Å²) in [7, 11) is 0.961. The first-order valence-electron chi connectivity index (χ1n) is 4.57. The monoisotopic (exact) mass is 298 g/mol. The molecule has 1 N–H and O–H groups in total. The Labute approximate surface area is 109 Å². The minimum atomic E-state index is -4.83. The van der Waals surface area contributed by atoms with E-state index in [4.69, 9.17) is 11.6 Å². The number of nitro groups is 1. The van der Waals surface area contributed by atoms with Crippen molar-refractivity contribution >= 4 is 28.3 Å². The number of hydrogen-bond donors (Lipinski definition) is 1. The Kier molecular flexibility index (Phi) is 4.20. The van der Waals surface area contributed by atoms with E-state index in [1.807, 2.05) is 5.32 Å². The van der Waals surface area contributed by atoms with E-state index in [0.29, 0.717) is 6.07 Å². The highest BCUT2D eigenvalue weighted by Gasteiger charge is 2.37. The van der Waals surface area contributed by atoms with Crippen LogP contribution in [0.5, 0.6) is 5.75 Å². The maximum absolute atomic E-state index is 12.7. The van der Waals surface area contributed by atoms with Crippen LogP contribution in [0.25, 0.3) is 0 Å². The fourth-order valence-corrected chi connectivity index (χ4v) is 1.42. The van der Waals surface area contributed by atoms with Gasteiger partial charge in [0.05, 0.1) is 12.0 Å². The number of benzene rings is 1. The van der Waals surface area contributed by atoms with Crippen molar-refractivity contribution in [3.05, 3.63) is 27.8 Å². The second-order valence-corrected chi connectivity index (χ2v) is 3.57. The van der Waals surface area contributed by atoms with E-state index < -0.39 is 39.2 Å². The van der Waals surface area contributed by atoms with Crippen molar-refractivity contribution in [2.45, 2.75) is 6.18 Å². The lowest BCUT2D eigenvalue weighted by atomic mass is 10.1. The second kappa shape index (κ2) is 5.31. The summed E-state index contributed by atoms with van der Waals surface area (Å²) >= 11 is 4.98. The van der Waals surface area contributed by atoms with E-state index in [1.165, 1.54) is 0 Å². The van der Waals surface area contributed by atoms with Gasteiger partial charge in [0.15, 0.2) is 0 Å². The first-order chi connectivity index (χ1) is 8.66. The molecule has 1 aromatic carbocycles. The Hall–Kier alpha value is -2.03. The summed E-state index contributed by atoms with van der Waals surface area (Å²) in [6.45, 7) is 0. The number of nitro benzene ring substituents is 1. The van der Waals surface area contributed by atoms with Crippen molar-refractivity contribution in [1.82, 2.24) is 0 Å². The number of nitrogens with one attached hydrogen (secondary N) is 1. The molecule has 19 heavy (non-hydrogen) atoms. The minimum Gasteiger partial charge on any atom is -0.496 e. The van der Waals surface area contributed by atoms with Crippen molar-refractivity contribution in [2.24, 2.45) is 0 Å². The maximum atomic E-state index is 12.7. The zero-order chi connectivity index (χ0) is 14.8. The molecule has 0 spiro atoms. The molecule has 10 heteroatoms. The highest BCUT2D eigenvalue weighted by Crippen LogP contribution is 2.41. The zero-order valence-corrected chi connectivity index (χ0v) is 10.0. The third-order valence-electron chi connectivity index (χ3n) is 2.05. The number of anilines is 1. The molecule has 1 aromatic rings. The molecule has 0 aliphatic heterocycles. The average Bonchev–Trinajstić information content (AvgIpc) is 2.25. The van der Waals surface area contributed by atoms with Gasteiger partial charge in [0.25, 0.3) is 5.69 Å². The summed E-state index contributed by atoms with van der Waals surface area (Å²) < 4.78 is 42.5. The van der Waals surface area contributed by atoms with Gasteiger partial charge >= 0.3 is 11.5 Å². The van der Waals surface area contributed by atoms with Crippen LogP contribution in [0.1, 0.15) is 5.56 Å². The van der Waals surface area contributed by atoms with Crippen LogP contribution >= 0.6 is 11.6 Å². The van der Waals surface area contributed by atoms with Crippen LogP contribution in [-0.4, -0.2) is 17.4 Å². The fraction of sp³-hybridized carbons (Fsp3) is 0.222. The molecule has 0 bridgehead atoms. The quantitative estimate of drug-likeness (QED) is 0.401. The number of halogens is 4. The van der Waals surface area contributed by atoms with Gasteiger partial charge in [-0.25, -0.2) is 0 Å². The van der Waals surface area contributed by atoms with E-state index in [-0.39, 0.29) is 6.07 Å². The third kappa shape index (κ3) is 3.47. The third-order valence-corrected chi connectivity index (χ3v) is 2.15. The van der Waals surface area contributed by atoms with Crippen molar-refractivity contribution in [3.8, 4) is 5.75 Å². The first kappa shape index (κ1) is 15.0. The number of hydrogen-bond acceptors (Lipinski definition) is 4. The van der Waals surface area contributed by atoms with Gasteiger partial charge in [-0.05, 0) is 11.6 Å². The summed E-state index contributed by atoms with van der Waals surface area (Å²) in [5, 5.41) is 11.4. The van der Waals surface area contributed by atoms with E-state index in [1.54, 1.807) is 0 Å². The van der Waals surface area contributed by atoms with E-state index in [2.05, 4.69) is 4.74 Å². The Morgan fingerprint density at radius 1 is 1.47 bits per heavy atom. The summed E-state index contributed by atoms with van der Waals surface area (Å²) in [6, 6.07) is 0.947. The molecule has 6 nitrogen and oxygen atoms in total. The summed E-state index contributed by atoms with van der Waals surface area (Å²) in [4.78, 5) is 20.3. The van der Waals surface area contributed by atoms with Crippen molar-refractivity contribution in [1.29, 1.82) is 0 Å². The number of carbonyl (C=O) groups is 1. The van der Waals surface area contributed by atoms with Gasteiger partial charge in [0, 0.05) is 12.1 Å². The minimum absolute atomic E-state index is 0.265. The van der Waals surface area contributed by atoms with Crippen molar-refractivity contribution in [2.75, 3.05) is 12.4 Å². The smallest absolute Gasteiger partial charge is 0.420 e. The Bertz CT molecular complexity index is 533. The molecule has 0 aliphatic rings. The van der Waals surface area contributed by atoms with Crippen LogP contribution in [-0.2, 0) is 6.18 Å². The van der Waals surface area contributed by atoms with Gasteiger partial charge in [-0.15, -0.1) is 0 Å². The van der Waals surface area contributed by atoms with Crippen LogP contribution in [0.4, 0.5) is 29.3 Å². The normalized spacial score (nSPS) is 11.0.